The van der Waals surface area contributed by atoms with E-state index in [2.05, 4.69) is 24.4 Å². The van der Waals surface area contributed by atoms with Crippen molar-refractivity contribution in [3.05, 3.63) is 35.4 Å². The van der Waals surface area contributed by atoms with E-state index in [9.17, 15) is 0 Å². The van der Waals surface area contributed by atoms with Crippen LogP contribution >= 0.6 is 0 Å². The molecule has 0 aromatic heterocycles. The quantitative estimate of drug-likeness (QED) is 0.882. The zero-order chi connectivity index (χ0) is 13.0. The summed E-state index contributed by atoms with van der Waals surface area (Å²) < 4.78 is 0. The second-order valence-electron chi connectivity index (χ2n) is 4.90. The molecule has 0 heterocycles. The van der Waals surface area contributed by atoms with Gasteiger partial charge in [-0.3, -0.25) is 0 Å². The molecule has 1 N–H and O–H groups in total. The fraction of sp³-hybridized carbons (Fsp3) is 0.467. The fourth-order valence-electron chi connectivity index (χ4n) is 2.58. The Hall–Kier alpha value is -1.84. The third-order valence-corrected chi connectivity index (χ3v) is 3.69. The third kappa shape index (κ3) is 2.70. The molecule has 0 spiro atoms. The lowest BCUT2D eigenvalue weighted by atomic mass is 10.0. The van der Waals surface area contributed by atoms with Gasteiger partial charge in [-0.25, -0.2) is 0 Å². The predicted octanol–water partition coefficient (Wildman–Crippen LogP) is 2.90. The average molecular weight is 239 g/mol. The van der Waals surface area contributed by atoms with Crippen LogP contribution in [0.25, 0.3) is 0 Å². The predicted molar refractivity (Wildman–Crippen MR) is 69.4 cm³/mol. The maximum atomic E-state index is 9.06. The van der Waals surface area contributed by atoms with Crippen LogP contribution in [0.3, 0.4) is 0 Å². The Labute approximate surface area is 108 Å². The first-order chi connectivity index (χ1) is 8.74. The summed E-state index contributed by atoms with van der Waals surface area (Å²) in [6, 6.07) is 12.7. The van der Waals surface area contributed by atoms with Crippen LogP contribution < -0.4 is 5.32 Å². The second kappa shape index (κ2) is 5.67. The van der Waals surface area contributed by atoms with Crippen LogP contribution in [-0.2, 0) is 0 Å². The van der Waals surface area contributed by atoms with Gasteiger partial charge in [-0.05, 0) is 37.5 Å². The summed E-state index contributed by atoms with van der Waals surface area (Å²) in [7, 11) is 0. The van der Waals surface area contributed by atoms with E-state index >= 15 is 0 Å². The van der Waals surface area contributed by atoms with E-state index in [1.807, 2.05) is 24.3 Å². The van der Waals surface area contributed by atoms with E-state index < -0.39 is 0 Å². The van der Waals surface area contributed by atoms with Gasteiger partial charge in [-0.1, -0.05) is 18.6 Å². The van der Waals surface area contributed by atoms with E-state index in [-0.39, 0.29) is 12.0 Å². The number of rotatable bonds is 3. The smallest absolute Gasteiger partial charge is 0.0991 e. The second-order valence-corrected chi connectivity index (χ2v) is 4.90. The SMILES string of the molecule is CC(NC1CCCC1C#N)c1ccc(C#N)cc1. The minimum absolute atomic E-state index is 0.144. The van der Waals surface area contributed by atoms with Gasteiger partial charge >= 0.3 is 0 Å². The molecule has 0 bridgehead atoms. The van der Waals surface area contributed by atoms with Gasteiger partial charge < -0.3 is 5.32 Å². The summed E-state index contributed by atoms with van der Waals surface area (Å²) in [6.07, 6.45) is 3.23. The van der Waals surface area contributed by atoms with Crippen LogP contribution in [0.5, 0.6) is 0 Å². The minimum Gasteiger partial charge on any atom is -0.306 e. The number of nitriles is 2. The Kier molecular flexibility index (Phi) is 3.97. The van der Waals surface area contributed by atoms with Crippen LogP contribution in [0.15, 0.2) is 24.3 Å². The highest BCUT2D eigenvalue weighted by molar-refractivity contribution is 5.32. The van der Waals surface area contributed by atoms with E-state index in [1.54, 1.807) is 0 Å². The lowest BCUT2D eigenvalue weighted by Gasteiger charge is -2.21. The molecule has 1 aromatic rings. The van der Waals surface area contributed by atoms with Crippen LogP contribution in [-0.4, -0.2) is 6.04 Å². The summed E-state index contributed by atoms with van der Waals surface area (Å²) >= 11 is 0. The molecule has 3 heteroatoms. The molecule has 2 rings (SSSR count). The van der Waals surface area contributed by atoms with Crippen LogP contribution in [0.1, 0.15) is 43.4 Å². The molecule has 3 unspecified atom stereocenters. The maximum absolute atomic E-state index is 9.06. The van der Waals surface area contributed by atoms with Crippen molar-refractivity contribution in [3.8, 4) is 12.1 Å². The molecule has 0 amide bonds. The molecule has 0 aliphatic heterocycles. The number of hydrogen-bond donors (Lipinski definition) is 1. The summed E-state index contributed by atoms with van der Waals surface area (Å²) in [6.45, 7) is 2.11. The lowest BCUT2D eigenvalue weighted by Crippen LogP contribution is -2.33. The molecular formula is C15H17N3. The van der Waals surface area contributed by atoms with Crippen molar-refractivity contribution in [2.75, 3.05) is 0 Å². The van der Waals surface area contributed by atoms with E-state index in [0.29, 0.717) is 11.6 Å². The highest BCUT2D eigenvalue weighted by Crippen LogP contribution is 2.27. The van der Waals surface area contributed by atoms with E-state index in [1.165, 1.54) is 0 Å². The van der Waals surface area contributed by atoms with Gasteiger partial charge in [0.05, 0.1) is 23.6 Å². The molecule has 1 saturated carbocycles. The third-order valence-electron chi connectivity index (χ3n) is 3.69. The van der Waals surface area contributed by atoms with E-state index in [0.717, 1.165) is 24.8 Å². The van der Waals surface area contributed by atoms with Gasteiger partial charge in [0.15, 0.2) is 0 Å². The van der Waals surface area contributed by atoms with Gasteiger partial charge in [-0.2, -0.15) is 10.5 Å². The molecule has 92 valence electrons. The van der Waals surface area contributed by atoms with Gasteiger partial charge in [-0.15, -0.1) is 0 Å². The first kappa shape index (κ1) is 12.6. The average Bonchev–Trinajstić information content (AvgIpc) is 2.86. The zero-order valence-electron chi connectivity index (χ0n) is 10.6. The van der Waals surface area contributed by atoms with Crippen molar-refractivity contribution in [2.24, 2.45) is 5.92 Å². The Bertz CT molecular complexity index is 478. The topological polar surface area (TPSA) is 59.6 Å². The van der Waals surface area contributed by atoms with Crippen molar-refractivity contribution in [1.82, 2.24) is 5.32 Å². The Morgan fingerprint density at radius 3 is 2.56 bits per heavy atom. The number of benzene rings is 1. The highest BCUT2D eigenvalue weighted by atomic mass is 15.0. The van der Waals surface area contributed by atoms with E-state index in [4.69, 9.17) is 10.5 Å². The van der Waals surface area contributed by atoms with Crippen molar-refractivity contribution in [3.63, 3.8) is 0 Å². The van der Waals surface area contributed by atoms with Crippen molar-refractivity contribution >= 4 is 0 Å². The van der Waals surface area contributed by atoms with Gasteiger partial charge in [0.25, 0.3) is 0 Å². The summed E-state index contributed by atoms with van der Waals surface area (Å²) in [5, 5.41) is 21.4. The molecule has 0 saturated heterocycles. The molecule has 3 nitrogen and oxygen atoms in total. The van der Waals surface area contributed by atoms with Crippen molar-refractivity contribution in [2.45, 2.75) is 38.3 Å². The Morgan fingerprint density at radius 2 is 1.94 bits per heavy atom. The first-order valence-electron chi connectivity index (χ1n) is 6.40. The van der Waals surface area contributed by atoms with Crippen LogP contribution in [0, 0.1) is 28.6 Å². The van der Waals surface area contributed by atoms with Crippen molar-refractivity contribution in [1.29, 1.82) is 10.5 Å². The molecule has 1 aliphatic carbocycles. The fourth-order valence-corrected chi connectivity index (χ4v) is 2.58. The molecular weight excluding hydrogens is 222 g/mol. The Morgan fingerprint density at radius 1 is 1.22 bits per heavy atom. The normalized spacial score (nSPS) is 24.2. The maximum Gasteiger partial charge on any atom is 0.0991 e. The minimum atomic E-state index is 0.144. The first-order valence-corrected chi connectivity index (χ1v) is 6.40. The van der Waals surface area contributed by atoms with Crippen molar-refractivity contribution < 1.29 is 0 Å². The van der Waals surface area contributed by atoms with Gasteiger partial charge in [0.1, 0.15) is 0 Å². The summed E-state index contributed by atoms with van der Waals surface area (Å²) in [5.41, 5.74) is 1.85. The Balaban J connectivity index is 2.01. The number of nitrogens with zero attached hydrogens (tertiary/aromatic N) is 2. The number of hydrogen-bond acceptors (Lipinski definition) is 3. The van der Waals surface area contributed by atoms with Crippen LogP contribution in [0.4, 0.5) is 0 Å². The molecule has 1 aliphatic rings. The molecule has 1 fully saturated rings. The van der Waals surface area contributed by atoms with Gasteiger partial charge in [0, 0.05) is 12.1 Å². The standard InChI is InChI=1S/C15H17N3/c1-11(13-7-5-12(9-16)6-8-13)18-15-4-2-3-14(15)10-17/h5-8,11,14-15,18H,2-4H2,1H3. The lowest BCUT2D eigenvalue weighted by molar-refractivity contribution is 0.417. The number of nitrogens with one attached hydrogen (secondary N) is 1. The monoisotopic (exact) mass is 239 g/mol. The molecule has 0 radical (unpaired) electrons. The summed E-state index contributed by atoms with van der Waals surface area (Å²) in [5.74, 6) is 0.144. The largest absolute Gasteiger partial charge is 0.306 e. The molecule has 18 heavy (non-hydrogen) atoms. The van der Waals surface area contributed by atoms with Crippen LogP contribution in [0.2, 0.25) is 0 Å². The van der Waals surface area contributed by atoms with Gasteiger partial charge in [0.2, 0.25) is 0 Å². The highest BCUT2D eigenvalue weighted by Gasteiger charge is 2.28. The zero-order valence-corrected chi connectivity index (χ0v) is 10.6. The molecule has 3 atom stereocenters. The molecule has 1 aromatic carbocycles. The summed E-state index contributed by atoms with van der Waals surface area (Å²) in [4.78, 5) is 0.